The van der Waals surface area contributed by atoms with Gasteiger partial charge in [0.1, 0.15) is 146 Å². The van der Waals surface area contributed by atoms with Crippen LogP contribution in [0.25, 0.3) is 0 Å². The molecule has 144 heavy (non-hydrogen) atoms. The van der Waals surface area contributed by atoms with Gasteiger partial charge in [-0.1, -0.05) is 0 Å². The van der Waals surface area contributed by atoms with Crippen molar-refractivity contribution in [1.29, 1.82) is 0 Å². The summed E-state index contributed by atoms with van der Waals surface area (Å²) in [5.74, 6) is -8.41. The van der Waals surface area contributed by atoms with E-state index in [0.29, 0.717) is 51.4 Å². The third-order valence-electron chi connectivity index (χ3n) is 25.1. The highest BCUT2D eigenvalue weighted by molar-refractivity contribution is 8.00. The highest BCUT2D eigenvalue weighted by Crippen LogP contribution is 2.44. The lowest BCUT2D eigenvalue weighted by Gasteiger charge is -2.51. The van der Waals surface area contributed by atoms with E-state index in [2.05, 4.69) is 0 Å². The summed E-state index contributed by atoms with van der Waals surface area (Å²) in [5.41, 5.74) is 0. The molecular weight excluding hydrogens is 2080 g/mol. The van der Waals surface area contributed by atoms with Gasteiger partial charge in [0.25, 0.3) is 0 Å². The zero-order valence-corrected chi connectivity index (χ0v) is 85.7. The van der Waals surface area contributed by atoms with Crippen LogP contribution < -0.4 is 0 Å². The van der Waals surface area contributed by atoms with Crippen LogP contribution in [-0.4, -0.2) is 508 Å². The topological polar surface area (TPSA) is 770 Å². The molecule has 0 aliphatic carbocycles. The molecule has 30 rings (SSSR count). The van der Waals surface area contributed by atoms with E-state index in [1.165, 1.54) is 0 Å². The number of aliphatic hydroxyl groups excluding tert-OH is 16. The standard InChI is InChI=1S/C88H144O48S8/c89-49(90)17-1-9-25-137-33-41-73-57(105)65(113)81(121-41)130-74-42(34-138-26-10-2-18-50(91)92)123-83(67(115)59(74)107)132-76-44(36-140-28-12-4-20-52(95)96)125-85(69(117)61(76)109)134-78-46(38-142-30-14-6-22-54(99)100)127-87(71(119)63(78)111)136-80-48(40-144-32-16-8-24-56(103)104)128-88(72(120)64(80)112)135-79-47(39-143-31-15-7-23-55(101)102)126-86(70(118)62(79)110)133-77-45(37-141-29-13-5-21-53(97)98)124-84(68(116)60(77)108)131-75-43(35-139-27-11-3-19-51(93)94)122-82(129-73)66(114)58(75)106/h41-48,57-88,105-120H,1-40H2,(H,89,90)(H,91,92)(H,93,94)(H,95,96)(H,97,98)(H,99,100)(H,101,102)(H,103,104)/t41?,42?,43?,44?,45?,46?,47?,48?,57?,58?,59?,60?,61?,62?,63?,64?,65?,66?,67?,68?,69?,70?,71?,72?,73-,74-,75-,76-,77-,78-,79-,80-,81-,82-,83-,84-,85-,86-,87-,88-/m1/s1. The Bertz CT molecular complexity index is 3090. The Morgan fingerprint density at radius 2 is 0.243 bits per heavy atom. The van der Waals surface area contributed by atoms with Crippen molar-refractivity contribution >= 4 is 142 Å². The van der Waals surface area contributed by atoms with Gasteiger partial charge in [0.15, 0.2) is 50.3 Å². The van der Waals surface area contributed by atoms with E-state index in [1.807, 2.05) is 0 Å². The van der Waals surface area contributed by atoms with Crippen LogP contribution in [0.2, 0.25) is 0 Å². The van der Waals surface area contributed by atoms with Gasteiger partial charge in [0.2, 0.25) is 0 Å². The SMILES string of the molecule is O=C(O)CCCCSCC1O[C@@H]2O[C@@H]3C(CSCCCCC(=O)O)O[C@H](O[C@@H]4C(CSCCCCC(=O)O)O[C@H](O[C@@H]5C(CSCCCCC(=O)O)O[C@H](O[C@@H]6C(CSCCCCC(=O)O)O[C@H](O[C@@H]7C(CSCCCCC(=O)O)O[C@H](O[C@@H]8C(CSCCCCC(=O)O)O[C@H](O[C@@H]9C(CSCCCCC(=O)O)O[C@H](O[C@H]1C(O)C2O)C(O)C9O)C(O)C8O)C(O)C7O)C(O)C6O)C(O)C5O)C(O)C4O)C(O)C3O. The average Bonchev–Trinajstić information content (AvgIpc) is 0.770. The van der Waals surface area contributed by atoms with E-state index in [-0.39, 0.29) is 195 Å². The van der Waals surface area contributed by atoms with Crippen molar-refractivity contribution in [2.24, 2.45) is 0 Å². The fourth-order valence-corrected chi connectivity index (χ4v) is 25.8. The molecule has 0 saturated carbocycles. The van der Waals surface area contributed by atoms with Crippen LogP contribution in [0.5, 0.6) is 0 Å². The summed E-state index contributed by atoms with van der Waals surface area (Å²) >= 11 is 9.14. The van der Waals surface area contributed by atoms with Crippen molar-refractivity contribution < 1.29 is 237 Å². The summed E-state index contributed by atoms with van der Waals surface area (Å²) in [6, 6.07) is 0. The Hall–Kier alpha value is -2.72. The van der Waals surface area contributed by atoms with Crippen molar-refractivity contribution in [3.8, 4) is 0 Å². The lowest BCUT2D eigenvalue weighted by Crippen LogP contribution is -2.69. The van der Waals surface area contributed by atoms with Crippen LogP contribution in [-0.2, 0) is 114 Å². The normalized spacial score (nSPS) is 38.2. The molecule has 30 aliphatic rings. The second-order valence-electron chi connectivity index (χ2n) is 36.4. The predicted octanol–water partition coefficient (Wildman–Crippen LogP) is -1.44. The van der Waals surface area contributed by atoms with Crippen LogP contribution in [0.1, 0.15) is 154 Å². The van der Waals surface area contributed by atoms with Gasteiger partial charge in [0, 0.05) is 97.4 Å². The first-order chi connectivity index (χ1) is 68.7. The van der Waals surface area contributed by atoms with E-state index in [4.69, 9.17) is 75.8 Å². The van der Waals surface area contributed by atoms with Gasteiger partial charge in [0.05, 0.1) is 48.8 Å². The molecule has 24 N–H and O–H groups in total. The van der Waals surface area contributed by atoms with Crippen LogP contribution in [0.4, 0.5) is 0 Å². The number of unbranched alkanes of at least 4 members (excludes halogenated alkanes) is 8. The maximum Gasteiger partial charge on any atom is 0.303 e. The maximum absolute atomic E-state index is 12.6. The summed E-state index contributed by atoms with van der Waals surface area (Å²) in [5, 5.41) is 276. The minimum atomic E-state index is -2.24. The van der Waals surface area contributed by atoms with Crippen molar-refractivity contribution in [1.82, 2.24) is 0 Å². The fraction of sp³-hybridized carbons (Fsp3) is 0.909. The molecule has 0 aromatic heterocycles. The Morgan fingerprint density at radius 1 is 0.146 bits per heavy atom. The molecule has 0 spiro atoms. The van der Waals surface area contributed by atoms with Gasteiger partial charge in [-0.2, -0.15) is 94.1 Å². The lowest BCUT2D eigenvalue weighted by molar-refractivity contribution is -0.396. The first-order valence-electron chi connectivity index (χ1n) is 48.5. The number of aliphatic hydroxyl groups is 16. The van der Waals surface area contributed by atoms with E-state index in [0.717, 1.165) is 94.1 Å². The zero-order valence-electron chi connectivity index (χ0n) is 79.2. The maximum atomic E-state index is 12.6. The number of carboxylic acid groups (broad SMARTS) is 8. The molecule has 0 radical (unpaired) electrons. The number of rotatable bonds is 56. The summed E-state index contributed by atoms with van der Waals surface area (Å²) in [4.78, 5) is 92.8. The Kier molecular flexibility index (Phi) is 55.9. The Labute approximate surface area is 865 Å². The molecule has 30 fully saturated rings. The molecule has 30 saturated heterocycles. The average molecular weight is 2230 g/mol. The number of ether oxygens (including phenoxy) is 16. The van der Waals surface area contributed by atoms with Crippen molar-refractivity contribution in [2.75, 3.05) is 92.0 Å². The fourth-order valence-electron chi connectivity index (χ4n) is 17.2. The number of carbonyl (C=O) groups is 8. The first kappa shape index (κ1) is 125. The molecule has 832 valence electrons. The lowest BCUT2D eigenvalue weighted by atomic mass is 9.95. The van der Waals surface area contributed by atoms with Crippen LogP contribution in [0.15, 0.2) is 0 Å². The smallest absolute Gasteiger partial charge is 0.303 e. The van der Waals surface area contributed by atoms with E-state index in [9.17, 15) is 161 Å². The summed E-state index contributed by atoms with van der Waals surface area (Å²) in [6.07, 6.45) is -75.6. The van der Waals surface area contributed by atoms with Gasteiger partial charge in [-0.3, -0.25) is 38.4 Å². The third kappa shape index (κ3) is 39.0. The number of hydrogen-bond acceptors (Lipinski definition) is 48. The molecule has 56 heteroatoms. The first-order valence-corrected chi connectivity index (χ1v) is 57.7. The largest absolute Gasteiger partial charge is 0.481 e. The summed E-state index contributed by atoms with van der Waals surface area (Å²) in [6.45, 7) is 0. The number of carboxylic acids is 8. The van der Waals surface area contributed by atoms with E-state index in [1.54, 1.807) is 0 Å². The van der Waals surface area contributed by atoms with Gasteiger partial charge < -0.3 is 198 Å². The van der Waals surface area contributed by atoms with Crippen molar-refractivity contribution in [3.63, 3.8) is 0 Å². The van der Waals surface area contributed by atoms with Crippen molar-refractivity contribution in [3.05, 3.63) is 0 Å². The highest BCUT2D eigenvalue weighted by atomic mass is 32.2. The summed E-state index contributed by atoms with van der Waals surface area (Å²) < 4.78 is 104. The second-order valence-corrected chi connectivity index (χ2v) is 45.6. The highest BCUT2D eigenvalue weighted by Gasteiger charge is 2.61. The van der Waals surface area contributed by atoms with Gasteiger partial charge >= 0.3 is 47.8 Å². The molecule has 0 amide bonds. The van der Waals surface area contributed by atoms with E-state index >= 15 is 0 Å². The number of aliphatic carboxylic acids is 8. The van der Waals surface area contributed by atoms with Crippen molar-refractivity contribution in [2.45, 2.75) is 400 Å². The second kappa shape index (κ2) is 64.6. The number of thioether (sulfide) groups is 8. The third-order valence-corrected chi connectivity index (χ3v) is 34.3. The minimum absolute atomic E-state index is 0.205. The van der Waals surface area contributed by atoms with Crippen LogP contribution in [0, 0.1) is 0 Å². The van der Waals surface area contributed by atoms with Gasteiger partial charge in [-0.25, -0.2) is 0 Å². The Morgan fingerprint density at radius 3 is 0.333 bits per heavy atom. The molecular formula is C88H144O48S8. The molecule has 40 atom stereocenters. The van der Waals surface area contributed by atoms with Gasteiger partial charge in [-0.15, -0.1) is 0 Å². The van der Waals surface area contributed by atoms with E-state index < -0.39 is 293 Å². The quantitative estimate of drug-likeness (QED) is 0.0310. The number of hydrogen-bond donors (Lipinski definition) is 24. The predicted molar refractivity (Wildman–Crippen MR) is 515 cm³/mol. The summed E-state index contributed by atoms with van der Waals surface area (Å²) in [7, 11) is 0. The monoisotopic (exact) mass is 2220 g/mol. The molecule has 0 aromatic carbocycles. The van der Waals surface area contributed by atoms with Gasteiger partial charge in [-0.05, 0) is 149 Å². The molecule has 30 heterocycles. The van der Waals surface area contributed by atoms with Crippen LogP contribution in [0.3, 0.4) is 0 Å². The Balaban J connectivity index is 1.13. The minimum Gasteiger partial charge on any atom is -0.481 e. The molecule has 30 aliphatic heterocycles. The van der Waals surface area contributed by atoms with Crippen LogP contribution >= 0.6 is 94.1 Å². The molecule has 24 unspecified atom stereocenters. The zero-order chi connectivity index (χ0) is 105. The molecule has 48 nitrogen and oxygen atoms in total. The molecule has 0 aromatic rings. The molecule has 16 bridgehead atoms.